The second-order valence-corrected chi connectivity index (χ2v) is 6.08. The van der Waals surface area contributed by atoms with Gasteiger partial charge in [0.15, 0.2) is 0 Å². The van der Waals surface area contributed by atoms with Gasteiger partial charge in [0, 0.05) is 38.5 Å². The number of nitrogens with zero attached hydrogens (tertiary/aromatic N) is 3. The van der Waals surface area contributed by atoms with Gasteiger partial charge in [-0.15, -0.1) is 0 Å². The lowest BCUT2D eigenvalue weighted by Crippen LogP contribution is -2.49. The van der Waals surface area contributed by atoms with E-state index >= 15 is 0 Å². The van der Waals surface area contributed by atoms with Gasteiger partial charge in [-0.3, -0.25) is 9.69 Å². The summed E-state index contributed by atoms with van der Waals surface area (Å²) in [4.78, 5) is 16.8. The highest BCUT2D eigenvalue weighted by molar-refractivity contribution is 5.76. The fourth-order valence-electron chi connectivity index (χ4n) is 3.03. The van der Waals surface area contributed by atoms with Crippen LogP contribution in [-0.4, -0.2) is 54.7 Å². The zero-order valence-electron chi connectivity index (χ0n) is 14.1. The number of hydrogen-bond donors (Lipinski definition) is 0. The molecule has 0 spiro atoms. The van der Waals surface area contributed by atoms with E-state index < -0.39 is 0 Å². The molecule has 2 heterocycles. The molecule has 1 unspecified atom stereocenters. The van der Waals surface area contributed by atoms with Crippen LogP contribution in [0, 0.1) is 0 Å². The summed E-state index contributed by atoms with van der Waals surface area (Å²) < 4.78 is 10.1. The molecule has 0 aliphatic carbocycles. The quantitative estimate of drug-likeness (QED) is 0.841. The number of hydrogen-bond acceptors (Lipinski definition) is 5. The summed E-state index contributed by atoms with van der Waals surface area (Å²) >= 11 is 0. The van der Waals surface area contributed by atoms with Gasteiger partial charge >= 0.3 is 0 Å². The topological polar surface area (TPSA) is 58.8 Å². The first kappa shape index (κ1) is 16.5. The fraction of sp³-hybridized carbons (Fsp3) is 0.444. The van der Waals surface area contributed by atoms with E-state index in [1.54, 1.807) is 13.2 Å². The predicted molar refractivity (Wildman–Crippen MR) is 89.8 cm³/mol. The Hall–Kier alpha value is -2.34. The molecule has 1 atom stereocenters. The normalized spacial score (nSPS) is 18.6. The maximum Gasteiger partial charge on any atom is 0.254 e. The summed E-state index contributed by atoms with van der Waals surface area (Å²) in [7, 11) is 3.65. The zero-order chi connectivity index (χ0) is 16.9. The smallest absolute Gasteiger partial charge is 0.254 e. The van der Waals surface area contributed by atoms with Crippen LogP contribution in [0.5, 0.6) is 5.88 Å². The highest BCUT2D eigenvalue weighted by Crippen LogP contribution is 2.24. The SMILES string of the molecule is COc1cc(CCC(=O)N2CCN(C)C(c3ccccc3)C2)on1. The number of carbonyl (C=O) groups excluding carboxylic acids is 1. The van der Waals surface area contributed by atoms with Gasteiger partial charge in [-0.05, 0) is 17.8 Å². The van der Waals surface area contributed by atoms with Crippen molar-refractivity contribution >= 4 is 5.91 Å². The molecule has 3 rings (SSSR count). The van der Waals surface area contributed by atoms with Crippen molar-refractivity contribution in [2.24, 2.45) is 0 Å². The van der Waals surface area contributed by atoms with Crippen molar-refractivity contribution in [3.05, 3.63) is 47.7 Å². The van der Waals surface area contributed by atoms with Crippen LogP contribution in [0.15, 0.2) is 40.9 Å². The average molecular weight is 329 g/mol. The molecular weight excluding hydrogens is 306 g/mol. The fourth-order valence-corrected chi connectivity index (χ4v) is 3.03. The predicted octanol–water partition coefficient (Wildman–Crippen LogP) is 2.13. The Labute approximate surface area is 142 Å². The number of aryl methyl sites for hydroxylation is 1. The molecule has 1 aliphatic heterocycles. The first-order valence-corrected chi connectivity index (χ1v) is 8.20. The Morgan fingerprint density at radius 1 is 1.33 bits per heavy atom. The van der Waals surface area contributed by atoms with E-state index in [9.17, 15) is 4.79 Å². The maximum atomic E-state index is 12.5. The highest BCUT2D eigenvalue weighted by atomic mass is 16.5. The molecule has 6 heteroatoms. The third kappa shape index (κ3) is 3.76. The van der Waals surface area contributed by atoms with Crippen LogP contribution in [-0.2, 0) is 11.2 Å². The number of rotatable bonds is 5. The molecule has 0 saturated carbocycles. The molecule has 1 aliphatic rings. The molecular formula is C18H23N3O3. The minimum atomic E-state index is 0.152. The summed E-state index contributed by atoms with van der Waals surface area (Å²) in [6.45, 7) is 2.36. The van der Waals surface area contributed by atoms with Crippen LogP contribution < -0.4 is 4.74 Å². The summed E-state index contributed by atoms with van der Waals surface area (Å²) in [5, 5.41) is 3.76. The van der Waals surface area contributed by atoms with E-state index in [2.05, 4.69) is 29.2 Å². The number of methoxy groups -OCH3 is 1. The molecule has 1 fully saturated rings. The van der Waals surface area contributed by atoms with Gasteiger partial charge in [0.25, 0.3) is 5.88 Å². The number of amides is 1. The van der Waals surface area contributed by atoms with Crippen LogP contribution in [0.1, 0.15) is 23.8 Å². The minimum Gasteiger partial charge on any atom is -0.479 e. The second kappa shape index (κ2) is 7.49. The lowest BCUT2D eigenvalue weighted by atomic mass is 10.0. The van der Waals surface area contributed by atoms with Gasteiger partial charge in [0.2, 0.25) is 5.91 Å². The molecule has 24 heavy (non-hydrogen) atoms. The number of ether oxygens (including phenoxy) is 1. The Morgan fingerprint density at radius 2 is 2.12 bits per heavy atom. The lowest BCUT2D eigenvalue weighted by Gasteiger charge is -2.39. The Balaban J connectivity index is 1.58. The first-order valence-electron chi connectivity index (χ1n) is 8.20. The van der Waals surface area contributed by atoms with Crippen LogP contribution in [0.25, 0.3) is 0 Å². The summed E-state index contributed by atoms with van der Waals surface area (Å²) in [5.41, 5.74) is 1.25. The van der Waals surface area contributed by atoms with Gasteiger partial charge in [-0.25, -0.2) is 0 Å². The lowest BCUT2D eigenvalue weighted by molar-refractivity contribution is -0.134. The summed E-state index contributed by atoms with van der Waals surface area (Å²) in [6.07, 6.45) is 0.959. The van der Waals surface area contributed by atoms with Crippen LogP contribution in [0.4, 0.5) is 0 Å². The Kier molecular flexibility index (Phi) is 5.15. The molecule has 1 aromatic carbocycles. The van der Waals surface area contributed by atoms with Crippen molar-refractivity contribution in [3.63, 3.8) is 0 Å². The highest BCUT2D eigenvalue weighted by Gasteiger charge is 2.28. The van der Waals surface area contributed by atoms with Crippen LogP contribution in [0.3, 0.4) is 0 Å². The van der Waals surface area contributed by atoms with Gasteiger partial charge in [0.05, 0.1) is 13.2 Å². The number of aromatic nitrogens is 1. The van der Waals surface area contributed by atoms with Gasteiger partial charge in [-0.1, -0.05) is 30.3 Å². The van der Waals surface area contributed by atoms with Crippen molar-refractivity contribution in [2.75, 3.05) is 33.8 Å². The molecule has 6 nitrogen and oxygen atoms in total. The van der Waals surface area contributed by atoms with E-state index in [0.717, 1.165) is 19.6 Å². The van der Waals surface area contributed by atoms with Crippen molar-refractivity contribution in [1.82, 2.24) is 15.0 Å². The Bertz CT molecular complexity index is 671. The monoisotopic (exact) mass is 329 g/mol. The van der Waals surface area contributed by atoms with Gasteiger partial charge in [0.1, 0.15) is 5.76 Å². The molecule has 1 amide bonds. The summed E-state index contributed by atoms with van der Waals surface area (Å²) in [6, 6.07) is 12.3. The van der Waals surface area contributed by atoms with E-state index in [-0.39, 0.29) is 11.9 Å². The molecule has 0 bridgehead atoms. The molecule has 1 saturated heterocycles. The minimum absolute atomic E-state index is 0.152. The molecule has 0 radical (unpaired) electrons. The average Bonchev–Trinajstić information content (AvgIpc) is 3.09. The van der Waals surface area contributed by atoms with E-state index in [4.69, 9.17) is 9.26 Å². The van der Waals surface area contributed by atoms with Gasteiger partial charge in [-0.2, -0.15) is 0 Å². The van der Waals surface area contributed by atoms with Gasteiger partial charge < -0.3 is 14.2 Å². The number of likely N-dealkylation sites (N-methyl/N-ethyl adjacent to an activating group) is 1. The third-order valence-corrected chi connectivity index (χ3v) is 4.52. The number of piperazine rings is 1. The zero-order valence-corrected chi connectivity index (χ0v) is 14.1. The molecule has 1 aromatic heterocycles. The van der Waals surface area contributed by atoms with E-state index in [1.165, 1.54) is 5.56 Å². The van der Waals surface area contributed by atoms with E-state index in [1.807, 2.05) is 23.1 Å². The second-order valence-electron chi connectivity index (χ2n) is 6.08. The van der Waals surface area contributed by atoms with Crippen LogP contribution >= 0.6 is 0 Å². The molecule has 0 N–H and O–H groups in total. The van der Waals surface area contributed by atoms with Crippen LogP contribution in [0.2, 0.25) is 0 Å². The first-order chi connectivity index (χ1) is 11.7. The number of carbonyl (C=O) groups is 1. The van der Waals surface area contributed by atoms with Crippen molar-refractivity contribution < 1.29 is 14.1 Å². The van der Waals surface area contributed by atoms with E-state index in [0.29, 0.717) is 24.5 Å². The summed E-state index contributed by atoms with van der Waals surface area (Å²) in [5.74, 6) is 1.27. The standard InChI is InChI=1S/C18H23N3O3/c1-20-10-11-21(13-16(20)14-6-4-3-5-7-14)18(22)9-8-15-12-17(23-2)19-24-15/h3-7,12,16H,8-11,13H2,1-2H3. The Morgan fingerprint density at radius 3 is 2.83 bits per heavy atom. The van der Waals surface area contributed by atoms with Crippen molar-refractivity contribution in [3.8, 4) is 5.88 Å². The molecule has 128 valence electrons. The third-order valence-electron chi connectivity index (χ3n) is 4.52. The van der Waals surface area contributed by atoms with Crippen molar-refractivity contribution in [2.45, 2.75) is 18.9 Å². The van der Waals surface area contributed by atoms with Crippen molar-refractivity contribution in [1.29, 1.82) is 0 Å². The molecule has 2 aromatic rings. The number of benzene rings is 1. The maximum absolute atomic E-state index is 12.5. The largest absolute Gasteiger partial charge is 0.479 e.